The molecule has 0 saturated heterocycles. The second-order valence-electron chi connectivity index (χ2n) is 26.2. The normalized spacial score (nSPS) is 9.79. The summed E-state index contributed by atoms with van der Waals surface area (Å²) in [5.41, 5.74) is 5.14. The van der Waals surface area contributed by atoms with Crippen LogP contribution in [0.5, 0.6) is 0 Å². The van der Waals surface area contributed by atoms with Gasteiger partial charge in [0.15, 0.2) is 0 Å². The minimum absolute atomic E-state index is 0.0230. The highest BCUT2D eigenvalue weighted by atomic mass is 32.1. The van der Waals surface area contributed by atoms with Gasteiger partial charge in [-0.25, -0.2) is 0 Å². The molecule has 0 aromatic carbocycles. The molecule has 0 radical (unpaired) electrons. The van der Waals surface area contributed by atoms with Gasteiger partial charge in [-0.2, -0.15) is 37.9 Å². The lowest BCUT2D eigenvalue weighted by Crippen LogP contribution is -2.10. The summed E-state index contributed by atoms with van der Waals surface area (Å²) in [4.78, 5) is 78.1. The van der Waals surface area contributed by atoms with E-state index in [1.165, 1.54) is 174 Å². The number of allylic oxidation sites excluding steroid dienone is 1. The summed E-state index contributed by atoms with van der Waals surface area (Å²) in [7, 11) is 1.45. The molecule has 0 aliphatic heterocycles. The molecule has 0 aliphatic rings. The maximum Gasteiger partial charge on any atom is 0.306 e. The Morgan fingerprint density at radius 2 is 0.748 bits per heavy atom. The molecule has 0 unspecified atom stereocenters. The summed E-state index contributed by atoms with van der Waals surface area (Å²) in [6.07, 6.45) is 59.5. The first-order chi connectivity index (χ1) is 49.8. The molecular formula is C85H170N2O13S3. The summed E-state index contributed by atoms with van der Waals surface area (Å²) in [6, 6.07) is 3.89. The van der Waals surface area contributed by atoms with Gasteiger partial charge >= 0.3 is 29.8 Å². The van der Waals surface area contributed by atoms with Crippen LogP contribution < -0.4 is 5.73 Å². The maximum atomic E-state index is 11.3. The van der Waals surface area contributed by atoms with E-state index in [0.29, 0.717) is 76.7 Å². The van der Waals surface area contributed by atoms with E-state index in [-0.39, 0.29) is 36.0 Å². The summed E-state index contributed by atoms with van der Waals surface area (Å²) >= 11 is 11.9. The first-order valence-electron chi connectivity index (χ1n) is 41.3. The predicted molar refractivity (Wildman–Crippen MR) is 452 cm³/mol. The number of hydrogen-bond acceptors (Lipinski definition) is 17. The predicted octanol–water partition coefficient (Wildman–Crippen LogP) is 24.9. The standard InChI is InChI=1S/C17H34O2.C15H28O2.C14H26O4.C11H22O2.C7H14O.C6H12O2.C4H5N.C4H11N.C4H10S.C3H8S2/c1-4-5-6-7-8-9-10-11-12-13-14-15-17(18)19-16(2)3;1-3-5-7-8-9-10-11-12-13-15(16)17-14-6-4-2;1-3-17-13(15)11-9-7-5-6-8-10-12-14(16)18-4-2;1-3-4-5-6-7-8-9-10-11(12)13-2;1-3-4-5-6-7(2)8;1-6(2)3-4-8-5-7;1-2-4-5-3-1;2*1-2-3-4-5;4-2-1-3-5/h16H,4-15H2,1-3H3;3H,1,4-14H2,2H3;3-12H2,1-2H3;3-10H2,1-2H3;3-6H2,1-2H3;5-6H,3-4H2,1-2H3;1-5H;2-5H2,1H3;5H,2-4H2,1H3;4-5H,1-3H2. The summed E-state index contributed by atoms with van der Waals surface area (Å²) in [5, 5.41) is 0. The summed E-state index contributed by atoms with van der Waals surface area (Å²) < 4.78 is 28.9. The first kappa shape index (κ1) is 118. The number of Topliss-reactive ketones (excluding diaryl/α,β-unsaturated/α-hetero) is 1. The number of esters is 5. The molecule has 103 heavy (non-hydrogen) atoms. The Labute approximate surface area is 653 Å². The number of methoxy groups -OCH3 is 1. The second kappa shape index (κ2) is 117. The van der Waals surface area contributed by atoms with E-state index in [4.69, 9.17) is 24.7 Å². The van der Waals surface area contributed by atoms with Crippen molar-refractivity contribution in [2.24, 2.45) is 11.7 Å². The minimum Gasteiger partial charge on any atom is -0.469 e. The lowest BCUT2D eigenvalue weighted by molar-refractivity contribution is -0.148. The number of H-pyrrole nitrogens is 1. The van der Waals surface area contributed by atoms with Crippen molar-refractivity contribution in [2.45, 2.75) is 404 Å². The number of hydrogen-bond donors (Lipinski definition) is 5. The average Bonchev–Trinajstić information content (AvgIpc) is 3.96. The Kier molecular flexibility index (Phi) is 134. The fourth-order valence-corrected chi connectivity index (χ4v) is 9.53. The van der Waals surface area contributed by atoms with Crippen LogP contribution in [0, 0.1) is 5.92 Å². The van der Waals surface area contributed by atoms with Gasteiger partial charge in [-0.1, -0.05) is 248 Å². The number of carbonyl (C=O) groups excluding carboxylic acids is 7. The average molecular weight is 1520 g/mol. The number of aromatic nitrogens is 1. The van der Waals surface area contributed by atoms with E-state index in [1.807, 2.05) is 58.3 Å². The molecule has 0 atom stereocenters. The SMILES string of the molecule is C=CCCCCCCCCC(=O)OCCCC.CC(C)CCOC=O.CCCCCC(C)=O.CCCCCCCCCC(=O)OC.CCCCCCCCCCCCCC(=O)OC(C)C.CCCCN.CCCCS.CCOC(=O)CCCCCCCCC(=O)OCC.SCCCS.c1cc[nH]c1. The molecule has 15 nitrogen and oxygen atoms in total. The lowest BCUT2D eigenvalue weighted by atomic mass is 10.1. The molecule has 0 aliphatic carbocycles. The van der Waals surface area contributed by atoms with Crippen molar-refractivity contribution in [1.82, 2.24) is 4.98 Å². The third-order valence-corrected chi connectivity index (χ3v) is 15.8. The Hall–Kier alpha value is -3.48. The van der Waals surface area contributed by atoms with Crippen molar-refractivity contribution in [3.05, 3.63) is 37.2 Å². The molecule has 1 aromatic heterocycles. The van der Waals surface area contributed by atoms with Gasteiger partial charge < -0.3 is 43.9 Å². The van der Waals surface area contributed by atoms with Gasteiger partial charge in [0.05, 0.1) is 39.6 Å². The van der Waals surface area contributed by atoms with Crippen LogP contribution >= 0.6 is 37.9 Å². The number of aromatic amines is 1. The van der Waals surface area contributed by atoms with Gasteiger partial charge in [-0.05, 0) is 160 Å². The van der Waals surface area contributed by atoms with Gasteiger partial charge in [0, 0.05) is 50.9 Å². The van der Waals surface area contributed by atoms with E-state index >= 15 is 0 Å². The topological polar surface area (TPSA) is 217 Å². The van der Waals surface area contributed by atoms with Gasteiger partial charge in [0.1, 0.15) is 5.78 Å². The van der Waals surface area contributed by atoms with Gasteiger partial charge in [0.25, 0.3) is 6.47 Å². The number of ether oxygens (including phenoxy) is 6. The first-order valence-corrected chi connectivity index (χ1v) is 43.2. The fraction of sp³-hybridized carbons (Fsp3) is 0.847. The van der Waals surface area contributed by atoms with Crippen molar-refractivity contribution in [3.63, 3.8) is 0 Å². The molecule has 18 heteroatoms. The number of nitrogens with one attached hydrogen (secondary N) is 1. The molecule has 0 fully saturated rings. The van der Waals surface area contributed by atoms with Crippen LogP contribution in [-0.4, -0.2) is 111 Å². The highest BCUT2D eigenvalue weighted by Crippen LogP contribution is 2.14. The largest absolute Gasteiger partial charge is 0.469 e. The third kappa shape index (κ3) is 153. The van der Waals surface area contributed by atoms with E-state index in [0.717, 1.165) is 133 Å². The van der Waals surface area contributed by atoms with E-state index in [9.17, 15) is 33.6 Å². The van der Waals surface area contributed by atoms with Crippen LogP contribution in [0.1, 0.15) is 398 Å². The molecule has 0 amide bonds. The number of thiol groups is 3. The Balaban J connectivity index is -0.000000142. The number of ketones is 1. The zero-order valence-corrected chi connectivity index (χ0v) is 72.3. The lowest BCUT2D eigenvalue weighted by Gasteiger charge is -2.07. The van der Waals surface area contributed by atoms with Crippen LogP contribution in [0.4, 0.5) is 0 Å². The quantitative estimate of drug-likeness (QED) is 0.0102. The molecule has 1 heterocycles. The van der Waals surface area contributed by atoms with Crippen molar-refractivity contribution in [1.29, 1.82) is 0 Å². The van der Waals surface area contributed by atoms with E-state index in [2.05, 4.69) is 114 Å². The zero-order valence-electron chi connectivity index (χ0n) is 69.7. The molecule has 616 valence electrons. The van der Waals surface area contributed by atoms with E-state index in [1.54, 1.807) is 6.92 Å². The zero-order chi connectivity index (χ0) is 79.4. The molecule has 3 N–H and O–H groups in total. The van der Waals surface area contributed by atoms with Crippen LogP contribution in [0.2, 0.25) is 0 Å². The van der Waals surface area contributed by atoms with Crippen molar-refractivity contribution in [3.8, 4) is 0 Å². The van der Waals surface area contributed by atoms with Crippen LogP contribution in [0.15, 0.2) is 37.2 Å². The van der Waals surface area contributed by atoms with Gasteiger partial charge in [-0.15, -0.1) is 6.58 Å². The number of unbranched alkanes of at least 4 members (excludes halogenated alkanes) is 32. The summed E-state index contributed by atoms with van der Waals surface area (Å²) in [6.45, 7) is 33.4. The van der Waals surface area contributed by atoms with Gasteiger partial charge in [0.2, 0.25) is 0 Å². The Morgan fingerprint density at radius 1 is 0.417 bits per heavy atom. The molecule has 0 bridgehead atoms. The van der Waals surface area contributed by atoms with Crippen molar-refractivity contribution < 1.29 is 62.0 Å². The van der Waals surface area contributed by atoms with Crippen molar-refractivity contribution in [2.75, 3.05) is 57.3 Å². The number of nitrogens with two attached hydrogens (primary N) is 1. The maximum absolute atomic E-state index is 11.3. The Morgan fingerprint density at radius 3 is 1.01 bits per heavy atom. The van der Waals surface area contributed by atoms with E-state index < -0.39 is 0 Å². The van der Waals surface area contributed by atoms with Gasteiger partial charge in [-0.3, -0.25) is 28.8 Å². The Bertz CT molecular complexity index is 1680. The number of carbonyl (C=O) groups is 7. The third-order valence-electron chi connectivity index (χ3n) is 14.9. The molecule has 0 spiro atoms. The number of rotatable bonds is 58. The second-order valence-corrected chi connectivity index (χ2v) is 27.6. The molecule has 1 rings (SSSR count). The molecule has 0 saturated carbocycles. The monoisotopic (exact) mass is 1520 g/mol. The minimum atomic E-state index is -0.0974. The van der Waals surface area contributed by atoms with Crippen LogP contribution in [0.3, 0.4) is 0 Å². The fourth-order valence-electron chi connectivity index (χ4n) is 8.65. The molecule has 1 aromatic rings. The van der Waals surface area contributed by atoms with Crippen LogP contribution in [-0.2, 0) is 62.0 Å². The van der Waals surface area contributed by atoms with Crippen molar-refractivity contribution >= 4 is 80.0 Å². The smallest absolute Gasteiger partial charge is 0.306 e. The molecular weight excluding hydrogens is 1350 g/mol. The highest BCUT2D eigenvalue weighted by molar-refractivity contribution is 7.81. The van der Waals surface area contributed by atoms with Crippen LogP contribution in [0.25, 0.3) is 0 Å². The highest BCUT2D eigenvalue weighted by Gasteiger charge is 2.06. The summed E-state index contributed by atoms with van der Waals surface area (Å²) in [5.74, 6) is 3.57.